The lowest BCUT2D eigenvalue weighted by atomic mass is 9.93. The minimum atomic E-state index is -0.571. The maximum absolute atomic E-state index is 14.0. The lowest BCUT2D eigenvalue weighted by Gasteiger charge is -2.19. The van der Waals surface area contributed by atoms with Crippen LogP contribution in [0.15, 0.2) is 66.2 Å². The molecule has 0 radical (unpaired) electrons. The molecule has 3 aromatic heterocycles. The zero-order chi connectivity index (χ0) is 29.3. The van der Waals surface area contributed by atoms with Crippen molar-refractivity contribution in [3.8, 4) is 16.9 Å². The molecule has 218 valence electrons. The molecule has 1 aromatic carbocycles. The summed E-state index contributed by atoms with van der Waals surface area (Å²) in [4.78, 5) is 32.2. The molecule has 1 spiro atoms. The number of ether oxygens (including phenoxy) is 1. The fourth-order valence-corrected chi connectivity index (χ4v) is 5.82. The quantitative estimate of drug-likeness (QED) is 0.166. The normalized spacial score (nSPS) is 21.5. The van der Waals surface area contributed by atoms with Gasteiger partial charge >= 0.3 is 6.03 Å². The second-order valence-corrected chi connectivity index (χ2v) is 11.1. The van der Waals surface area contributed by atoms with Gasteiger partial charge in [-0.1, -0.05) is 30.0 Å². The van der Waals surface area contributed by atoms with Gasteiger partial charge in [0.05, 0.1) is 12.3 Å². The molecule has 3 atom stereocenters. The second kappa shape index (κ2) is 11.8. The first-order chi connectivity index (χ1) is 20.4. The van der Waals surface area contributed by atoms with Crippen LogP contribution in [0, 0.1) is 18.3 Å². The van der Waals surface area contributed by atoms with Gasteiger partial charge in [-0.3, -0.25) is 10.2 Å². The Morgan fingerprint density at radius 3 is 2.71 bits per heavy atom. The minimum absolute atomic E-state index is 0.188. The summed E-state index contributed by atoms with van der Waals surface area (Å²) in [5, 5.41) is 13.5. The smallest absolute Gasteiger partial charge is 0.320 e. The molecule has 2 amide bonds. The first-order valence-corrected chi connectivity index (χ1v) is 14.8. The van der Waals surface area contributed by atoms with Crippen molar-refractivity contribution in [2.75, 3.05) is 38.4 Å². The van der Waals surface area contributed by atoms with E-state index >= 15 is 0 Å². The van der Waals surface area contributed by atoms with E-state index in [9.17, 15) is 9.18 Å². The van der Waals surface area contributed by atoms with Crippen molar-refractivity contribution >= 4 is 23.6 Å². The van der Waals surface area contributed by atoms with Crippen molar-refractivity contribution in [2.45, 2.75) is 30.6 Å². The van der Waals surface area contributed by atoms with Gasteiger partial charge in [-0.15, -0.1) is 0 Å². The number of anilines is 1. The molecule has 1 unspecified atom stereocenters. The van der Waals surface area contributed by atoms with Gasteiger partial charge in [-0.2, -0.15) is 14.6 Å². The van der Waals surface area contributed by atoms with E-state index in [1.54, 1.807) is 30.3 Å². The van der Waals surface area contributed by atoms with E-state index in [4.69, 9.17) is 14.7 Å². The van der Waals surface area contributed by atoms with Crippen molar-refractivity contribution in [3.63, 3.8) is 0 Å². The van der Waals surface area contributed by atoms with E-state index in [1.165, 1.54) is 24.0 Å². The molecule has 0 bridgehead atoms. The van der Waals surface area contributed by atoms with Crippen molar-refractivity contribution in [3.05, 3.63) is 78.1 Å². The Kier molecular flexibility index (Phi) is 7.90. The molecular formula is C29H31FN8O3S. The number of methoxy groups -OCH3 is 1. The van der Waals surface area contributed by atoms with Crippen molar-refractivity contribution in [2.24, 2.45) is 5.41 Å². The van der Waals surface area contributed by atoms with Crippen molar-refractivity contribution in [1.82, 2.24) is 35.1 Å². The fourth-order valence-electron chi connectivity index (χ4n) is 5.50. The highest BCUT2D eigenvalue weighted by Gasteiger charge is 2.65. The number of thioether (sulfide) groups is 1. The summed E-state index contributed by atoms with van der Waals surface area (Å²) < 4.78 is 21.0. The van der Waals surface area contributed by atoms with E-state index in [0.29, 0.717) is 48.3 Å². The number of pyridine rings is 1. The van der Waals surface area contributed by atoms with Crippen LogP contribution in [0.1, 0.15) is 23.7 Å². The Morgan fingerprint density at radius 2 is 2.00 bits per heavy atom. The third-order valence-corrected chi connectivity index (χ3v) is 8.28. The number of hydrogen-bond acceptors (Lipinski definition) is 9. The van der Waals surface area contributed by atoms with Crippen LogP contribution in [0.3, 0.4) is 0 Å². The Morgan fingerprint density at radius 1 is 1.21 bits per heavy atom. The highest BCUT2D eigenvalue weighted by atomic mass is 32.2. The lowest BCUT2D eigenvalue weighted by molar-refractivity contribution is -0.155. The number of nitrogens with zero attached hydrogens (tertiary/aromatic N) is 6. The van der Waals surface area contributed by atoms with Crippen LogP contribution in [0.25, 0.3) is 16.9 Å². The Balaban J connectivity index is 1.25. The van der Waals surface area contributed by atoms with Gasteiger partial charge in [0, 0.05) is 61.4 Å². The Labute approximate surface area is 246 Å². The first-order valence-electron chi connectivity index (χ1n) is 13.5. The molecule has 2 aliphatic rings. The second-order valence-electron chi connectivity index (χ2n) is 10.4. The molecule has 1 saturated carbocycles. The first kappa shape index (κ1) is 28.2. The van der Waals surface area contributed by atoms with E-state index in [1.807, 2.05) is 48.6 Å². The number of carbonyl (C=O) groups is 1. The number of carbonyl (C=O) groups excluding carboxylic acids is 1. The molecular weight excluding hydrogens is 559 g/mol. The summed E-state index contributed by atoms with van der Waals surface area (Å²) in [7, 11) is 1.63. The minimum Gasteiger partial charge on any atom is -0.383 e. The largest absolute Gasteiger partial charge is 0.383 e. The predicted octanol–water partition coefficient (Wildman–Crippen LogP) is 4.41. The van der Waals surface area contributed by atoms with Crippen LogP contribution in [-0.2, 0) is 9.57 Å². The summed E-state index contributed by atoms with van der Waals surface area (Å²) >= 11 is 1.46. The molecule has 42 heavy (non-hydrogen) atoms. The van der Waals surface area contributed by atoms with Gasteiger partial charge < -0.3 is 10.1 Å². The van der Waals surface area contributed by atoms with Gasteiger partial charge in [0.2, 0.25) is 5.95 Å². The molecule has 2 fully saturated rings. The Hall–Kier alpha value is -3.91. The van der Waals surface area contributed by atoms with Crippen LogP contribution in [0.5, 0.6) is 0 Å². The van der Waals surface area contributed by atoms with Crippen LogP contribution in [0.2, 0.25) is 0 Å². The lowest BCUT2D eigenvalue weighted by Crippen LogP contribution is -2.36. The standard InChI is InChI=1S/C29H31FN8O3S/c1-18-24(20-15-32-28(42-3)33-16-20)36-38(21-7-5-4-6-8-21)26(18)35-27(39)34-22-14-29(22)17-37(11-12-40-2)41-25(29)19-9-10-31-23(30)13-19/h4-10,13,15-16,22,25H,11-12,14,17H2,1-3H3,(H2,34,35,39)/t22-,25?,29+/m0/s1. The summed E-state index contributed by atoms with van der Waals surface area (Å²) in [6.45, 7) is 3.53. The molecule has 6 rings (SSSR count). The fraction of sp³-hybridized carbons (Fsp3) is 0.345. The van der Waals surface area contributed by atoms with Crippen LogP contribution < -0.4 is 10.6 Å². The van der Waals surface area contributed by atoms with Gasteiger partial charge in [0.15, 0.2) is 5.16 Å². The molecule has 4 heterocycles. The SMILES string of the molecule is COCCN1C[C@@]2(C[C@@H]2NC(=O)Nc2c(C)c(-c3cnc(SC)nc3)nn2-c2ccccc2)C(c2ccnc(F)c2)O1. The number of halogens is 1. The van der Waals surface area contributed by atoms with Crippen LogP contribution in [0.4, 0.5) is 15.0 Å². The highest BCUT2D eigenvalue weighted by Crippen LogP contribution is 2.60. The van der Waals surface area contributed by atoms with Gasteiger partial charge in [0.25, 0.3) is 0 Å². The zero-order valence-corrected chi connectivity index (χ0v) is 24.3. The number of hydroxylamine groups is 2. The van der Waals surface area contributed by atoms with E-state index in [0.717, 1.165) is 16.8 Å². The topological polar surface area (TPSA) is 119 Å². The maximum atomic E-state index is 14.0. The van der Waals surface area contributed by atoms with E-state index in [2.05, 4.69) is 25.6 Å². The molecule has 2 N–H and O–H groups in total. The number of benzene rings is 1. The average Bonchev–Trinajstić information content (AvgIpc) is 3.38. The third kappa shape index (κ3) is 5.48. The molecule has 1 aliphatic heterocycles. The van der Waals surface area contributed by atoms with Crippen LogP contribution >= 0.6 is 11.8 Å². The number of aromatic nitrogens is 5. The number of nitrogens with one attached hydrogen (secondary N) is 2. The van der Waals surface area contributed by atoms with Crippen molar-refractivity contribution in [1.29, 1.82) is 0 Å². The summed E-state index contributed by atoms with van der Waals surface area (Å²) in [5.74, 6) is -0.0343. The molecule has 4 aromatic rings. The number of para-hydroxylation sites is 1. The molecule has 13 heteroatoms. The predicted molar refractivity (Wildman–Crippen MR) is 156 cm³/mol. The number of amides is 2. The summed E-state index contributed by atoms with van der Waals surface area (Å²) in [5.41, 5.74) is 3.27. The molecule has 1 saturated heterocycles. The number of urea groups is 1. The highest BCUT2D eigenvalue weighted by molar-refractivity contribution is 7.98. The van der Waals surface area contributed by atoms with Crippen molar-refractivity contribution < 1.29 is 18.8 Å². The monoisotopic (exact) mass is 590 g/mol. The summed E-state index contributed by atoms with van der Waals surface area (Å²) in [6, 6.07) is 12.2. The van der Waals surface area contributed by atoms with Gasteiger partial charge in [-0.25, -0.2) is 24.4 Å². The van der Waals surface area contributed by atoms with Crippen LogP contribution in [-0.4, -0.2) is 74.9 Å². The van der Waals surface area contributed by atoms with Gasteiger partial charge in [0.1, 0.15) is 17.6 Å². The number of rotatable bonds is 9. The van der Waals surface area contributed by atoms with E-state index in [-0.39, 0.29) is 12.1 Å². The zero-order valence-electron chi connectivity index (χ0n) is 23.5. The summed E-state index contributed by atoms with van der Waals surface area (Å²) in [6.07, 6.45) is 7.07. The average molecular weight is 591 g/mol. The van der Waals surface area contributed by atoms with E-state index < -0.39 is 17.5 Å². The Bertz CT molecular complexity index is 1570. The molecule has 1 aliphatic carbocycles. The number of hydrogen-bond donors (Lipinski definition) is 2. The third-order valence-electron chi connectivity index (χ3n) is 7.71. The maximum Gasteiger partial charge on any atom is 0.320 e. The molecule has 11 nitrogen and oxygen atoms in total. The van der Waals surface area contributed by atoms with Gasteiger partial charge in [-0.05, 0) is 49.4 Å².